The summed E-state index contributed by atoms with van der Waals surface area (Å²) < 4.78 is 40.6. The number of aliphatic hydroxyl groups excluding tert-OH is 1. The molecule has 2 aliphatic heterocycles. The van der Waals surface area contributed by atoms with Crippen LogP contribution in [0, 0.1) is 0 Å². The number of hydroxylamine groups is 2. The number of carbonyl (C=O) groups is 2. The van der Waals surface area contributed by atoms with Crippen LogP contribution in [-0.2, 0) is 6.18 Å². The highest BCUT2D eigenvalue weighted by Gasteiger charge is 2.34. The summed E-state index contributed by atoms with van der Waals surface area (Å²) in [5.41, 5.74) is -0.800. The van der Waals surface area contributed by atoms with Gasteiger partial charge in [0, 0.05) is 32.4 Å². The van der Waals surface area contributed by atoms with Crippen LogP contribution in [0.25, 0.3) is 0 Å². The van der Waals surface area contributed by atoms with Crippen LogP contribution in [0.4, 0.5) is 23.7 Å². The first kappa shape index (κ1) is 22.9. The minimum absolute atomic E-state index is 0.210. The molecule has 2 N–H and O–H groups in total. The molecule has 3 heterocycles. The van der Waals surface area contributed by atoms with Crippen LogP contribution in [-0.4, -0.2) is 87.3 Å². The fraction of sp³-hybridized carbons (Fsp3) is 0.450. The molecule has 0 spiro atoms. The number of amides is 1. The van der Waals surface area contributed by atoms with Crippen molar-refractivity contribution in [1.82, 2.24) is 19.7 Å². The van der Waals surface area contributed by atoms with Crippen molar-refractivity contribution in [3.63, 3.8) is 0 Å². The van der Waals surface area contributed by atoms with Gasteiger partial charge in [0.05, 0.1) is 30.4 Å². The Labute approximate surface area is 186 Å². The molecule has 2 saturated heterocycles. The second-order valence-electron chi connectivity index (χ2n) is 7.81. The molecule has 4 rings (SSSR count). The highest BCUT2D eigenvalue weighted by atomic mass is 19.4. The van der Waals surface area contributed by atoms with Gasteiger partial charge in [0.25, 0.3) is 0 Å². The van der Waals surface area contributed by atoms with E-state index in [-0.39, 0.29) is 49.9 Å². The van der Waals surface area contributed by atoms with Crippen LogP contribution in [0.5, 0.6) is 5.75 Å². The molecule has 0 unspecified atom stereocenters. The lowest BCUT2D eigenvalue weighted by molar-refractivity contribution is -0.137. The summed E-state index contributed by atoms with van der Waals surface area (Å²) in [5.74, 6) is -1.01. The lowest BCUT2D eigenvalue weighted by Crippen LogP contribution is -2.51. The van der Waals surface area contributed by atoms with E-state index < -0.39 is 29.8 Å². The van der Waals surface area contributed by atoms with E-state index in [1.807, 2.05) is 0 Å². The Morgan fingerprint density at radius 1 is 1.09 bits per heavy atom. The number of alkyl halides is 3. The zero-order valence-electron chi connectivity index (χ0n) is 17.4. The quantitative estimate of drug-likeness (QED) is 0.697. The summed E-state index contributed by atoms with van der Waals surface area (Å²) >= 11 is 0. The Bertz CT molecular complexity index is 1040. The van der Waals surface area contributed by atoms with E-state index in [1.165, 1.54) is 23.2 Å². The number of β-amino-alcohol motifs (C(OH)–C–C–N with tert-alkyl or cyclic N) is 1. The first-order valence-electron chi connectivity index (χ1n) is 10.3. The number of nitrogens with zero attached hydrogens (tertiary/aromatic N) is 5. The summed E-state index contributed by atoms with van der Waals surface area (Å²) in [6.07, 6.45) is -3.41. The van der Waals surface area contributed by atoms with Gasteiger partial charge in [-0.2, -0.15) is 23.0 Å². The minimum Gasteiger partial charge on any atom is -0.476 e. The monoisotopic (exact) mass is 469 g/mol. The van der Waals surface area contributed by atoms with Crippen LogP contribution in [0.2, 0.25) is 0 Å². The van der Waals surface area contributed by atoms with E-state index in [1.54, 1.807) is 9.96 Å². The summed E-state index contributed by atoms with van der Waals surface area (Å²) in [6.45, 7) is 1.67. The first-order valence-corrected chi connectivity index (χ1v) is 10.3. The second-order valence-corrected chi connectivity index (χ2v) is 7.81. The van der Waals surface area contributed by atoms with Gasteiger partial charge < -0.3 is 24.9 Å². The van der Waals surface area contributed by atoms with Crippen molar-refractivity contribution < 1.29 is 37.8 Å². The lowest BCUT2D eigenvalue weighted by Gasteiger charge is -2.34. The number of rotatable bonds is 4. The summed E-state index contributed by atoms with van der Waals surface area (Å²) in [6, 6.07) is 3.97. The maximum atomic E-state index is 13.2. The third-order valence-corrected chi connectivity index (χ3v) is 5.53. The highest BCUT2D eigenvalue weighted by Crippen LogP contribution is 2.38. The number of hydrogen-bond acceptors (Lipinski definition) is 7. The molecule has 10 nitrogen and oxygen atoms in total. The normalized spacial score (nSPS) is 19.7. The molecule has 2 aromatic rings. The molecule has 1 aromatic heterocycles. The van der Waals surface area contributed by atoms with Gasteiger partial charge in [0.2, 0.25) is 0 Å². The summed E-state index contributed by atoms with van der Waals surface area (Å²) in [5, 5.41) is 24.0. The van der Waals surface area contributed by atoms with Gasteiger partial charge in [-0.3, -0.25) is 0 Å². The maximum absolute atomic E-state index is 13.2. The Morgan fingerprint density at radius 3 is 2.39 bits per heavy atom. The molecule has 1 aromatic carbocycles. The predicted octanol–water partition coefficient (Wildman–Crippen LogP) is 1.75. The largest absolute Gasteiger partial charge is 0.476 e. The van der Waals surface area contributed by atoms with E-state index in [0.29, 0.717) is 13.0 Å². The molecule has 1 atom stereocenters. The fourth-order valence-electron chi connectivity index (χ4n) is 3.78. The van der Waals surface area contributed by atoms with Crippen molar-refractivity contribution >= 4 is 17.7 Å². The lowest BCUT2D eigenvalue weighted by atomic mass is 10.1. The SMILES string of the molecule is O=C(O)c1ccn(C(=O)N2CCN(Oc3ccc(C(F)(F)F)cc3N3CC[C@@H](O)C3)CC2)n1. The molecule has 2 fully saturated rings. The predicted molar refractivity (Wildman–Crippen MR) is 108 cm³/mol. The number of aromatic carboxylic acids is 1. The second kappa shape index (κ2) is 8.90. The van der Waals surface area contributed by atoms with Gasteiger partial charge in [-0.05, 0) is 30.7 Å². The molecular weight excluding hydrogens is 447 g/mol. The highest BCUT2D eigenvalue weighted by molar-refractivity contribution is 5.86. The number of carbonyl (C=O) groups excluding carboxylic acids is 1. The van der Waals surface area contributed by atoms with Gasteiger partial charge in [-0.1, -0.05) is 0 Å². The smallest absolute Gasteiger partial charge is 0.416 e. The van der Waals surface area contributed by atoms with Crippen LogP contribution in [0.15, 0.2) is 30.5 Å². The van der Waals surface area contributed by atoms with E-state index in [4.69, 9.17) is 9.94 Å². The van der Waals surface area contributed by atoms with Gasteiger partial charge in [-0.25, -0.2) is 9.59 Å². The average Bonchev–Trinajstić information content (AvgIpc) is 3.43. The Morgan fingerprint density at radius 2 is 1.82 bits per heavy atom. The number of aromatic nitrogens is 2. The fourth-order valence-corrected chi connectivity index (χ4v) is 3.78. The number of aliphatic hydroxyl groups is 1. The number of piperazine rings is 1. The molecule has 1 amide bonds. The third-order valence-electron chi connectivity index (χ3n) is 5.53. The van der Waals surface area contributed by atoms with Gasteiger partial charge >= 0.3 is 18.2 Å². The Balaban J connectivity index is 1.43. The molecule has 2 aliphatic rings. The van der Waals surface area contributed by atoms with Crippen LogP contribution in [0.1, 0.15) is 22.5 Å². The topological polar surface area (TPSA) is 111 Å². The zero-order chi connectivity index (χ0) is 23.8. The Kier molecular flexibility index (Phi) is 6.17. The van der Waals surface area contributed by atoms with E-state index >= 15 is 0 Å². The van der Waals surface area contributed by atoms with E-state index in [2.05, 4.69) is 5.10 Å². The van der Waals surface area contributed by atoms with Crippen molar-refractivity contribution in [3.8, 4) is 5.75 Å². The van der Waals surface area contributed by atoms with Gasteiger partial charge in [0.1, 0.15) is 0 Å². The van der Waals surface area contributed by atoms with Crippen LogP contribution < -0.4 is 9.74 Å². The number of anilines is 1. The molecule has 33 heavy (non-hydrogen) atoms. The van der Waals surface area contributed by atoms with Crippen LogP contribution >= 0.6 is 0 Å². The van der Waals surface area contributed by atoms with Crippen molar-refractivity contribution in [2.24, 2.45) is 0 Å². The van der Waals surface area contributed by atoms with Crippen molar-refractivity contribution in [2.45, 2.75) is 18.7 Å². The van der Waals surface area contributed by atoms with Crippen molar-refractivity contribution in [3.05, 3.63) is 41.7 Å². The number of halogens is 3. The molecule has 0 radical (unpaired) electrons. The molecule has 0 bridgehead atoms. The summed E-state index contributed by atoms with van der Waals surface area (Å²) in [4.78, 5) is 32.5. The minimum atomic E-state index is -4.51. The number of carboxylic acid groups (broad SMARTS) is 1. The number of benzene rings is 1. The molecule has 0 saturated carbocycles. The summed E-state index contributed by atoms with van der Waals surface area (Å²) in [7, 11) is 0. The van der Waals surface area contributed by atoms with Gasteiger partial charge in [0.15, 0.2) is 11.4 Å². The molecule has 13 heteroatoms. The van der Waals surface area contributed by atoms with Gasteiger partial charge in [-0.15, -0.1) is 5.06 Å². The maximum Gasteiger partial charge on any atom is 0.416 e. The standard InChI is InChI=1S/C20H22F3N5O5/c21-20(22,23)13-1-2-17(16(11-13)26-5-3-14(29)12-26)33-27-9-7-25(8-10-27)19(32)28-6-4-15(24-28)18(30)31/h1-2,4,6,11,14,29H,3,5,7-10,12H2,(H,30,31)/t14-/m1/s1. The first-order chi connectivity index (χ1) is 15.6. The van der Waals surface area contributed by atoms with Crippen LogP contribution in [0.3, 0.4) is 0 Å². The number of carboxylic acids is 1. The zero-order valence-corrected chi connectivity index (χ0v) is 17.4. The van der Waals surface area contributed by atoms with Crippen molar-refractivity contribution in [2.75, 3.05) is 44.2 Å². The average molecular weight is 469 g/mol. The molecule has 178 valence electrons. The molecule has 0 aliphatic carbocycles. The van der Waals surface area contributed by atoms with E-state index in [9.17, 15) is 27.9 Å². The Hall–Kier alpha value is -3.32. The van der Waals surface area contributed by atoms with Crippen molar-refractivity contribution in [1.29, 1.82) is 0 Å². The third kappa shape index (κ3) is 5.03. The number of hydrogen-bond donors (Lipinski definition) is 2. The van der Waals surface area contributed by atoms with E-state index in [0.717, 1.165) is 16.8 Å². The molecular formula is C20H22F3N5O5.